The van der Waals surface area contributed by atoms with E-state index in [1.165, 1.54) is 13.0 Å². The molecule has 8 nitrogen and oxygen atoms in total. The number of fused-ring (bicyclic) bond motifs is 1. The summed E-state index contributed by atoms with van der Waals surface area (Å²) in [5, 5.41) is 2.72. The van der Waals surface area contributed by atoms with Gasteiger partial charge in [-0.3, -0.25) is 4.79 Å². The molecule has 1 heterocycles. The Morgan fingerprint density at radius 1 is 0.917 bits per heavy atom. The fourth-order valence-electron chi connectivity index (χ4n) is 3.05. The summed E-state index contributed by atoms with van der Waals surface area (Å²) in [5.74, 6) is -4.36. The van der Waals surface area contributed by atoms with Gasteiger partial charge in [-0.15, -0.1) is 0 Å². The van der Waals surface area contributed by atoms with Crippen LogP contribution in [0, 0.1) is 0 Å². The number of carbonyl (C=O) groups excluding carboxylic acids is 4. The van der Waals surface area contributed by atoms with Crippen LogP contribution in [0.1, 0.15) is 12.5 Å². The average Bonchev–Trinajstić information content (AvgIpc) is 2.90. The van der Waals surface area contributed by atoms with Crippen LogP contribution in [0.2, 0.25) is 0 Å². The number of carbonyl (C=O) groups is 4. The second-order valence-corrected chi connectivity index (χ2v) is 5.35. The fourth-order valence-corrected chi connectivity index (χ4v) is 3.05. The van der Waals surface area contributed by atoms with Gasteiger partial charge in [-0.1, -0.05) is 18.2 Å². The number of hydrogen-bond donors (Lipinski definition) is 1. The molecule has 1 aliphatic rings. The zero-order valence-electron chi connectivity index (χ0n) is 13.7. The number of anilines is 1. The van der Waals surface area contributed by atoms with E-state index >= 15 is 0 Å². The van der Waals surface area contributed by atoms with E-state index in [0.717, 1.165) is 21.3 Å². The van der Waals surface area contributed by atoms with Gasteiger partial charge in [0.2, 0.25) is 0 Å². The SMILES string of the molecule is COC(=O)C(=O)C1(C)c2ccccc2NC1(C(=O)OC)C(=O)OC. The molecule has 1 aromatic rings. The second kappa shape index (κ2) is 5.95. The standard InChI is InChI=1S/C16H17NO7/c1-15(11(18)12(19)22-2)9-7-5-6-8-10(9)17-16(15,13(20)23-3)14(21)24-4/h5-8,17H,1-4H3. The van der Waals surface area contributed by atoms with Crippen LogP contribution >= 0.6 is 0 Å². The van der Waals surface area contributed by atoms with Gasteiger partial charge >= 0.3 is 17.9 Å². The molecular weight excluding hydrogens is 318 g/mol. The maximum absolute atomic E-state index is 12.8. The monoisotopic (exact) mass is 335 g/mol. The van der Waals surface area contributed by atoms with Crippen LogP contribution in [0.4, 0.5) is 5.69 Å². The number of rotatable bonds is 4. The van der Waals surface area contributed by atoms with E-state index in [2.05, 4.69) is 10.1 Å². The summed E-state index contributed by atoms with van der Waals surface area (Å²) in [7, 11) is 3.18. The molecule has 0 bridgehead atoms. The normalized spacial score (nSPS) is 20.3. The molecule has 0 saturated carbocycles. The van der Waals surface area contributed by atoms with Crippen molar-refractivity contribution >= 4 is 29.4 Å². The van der Waals surface area contributed by atoms with Crippen LogP contribution in [0.15, 0.2) is 24.3 Å². The Hall–Kier alpha value is -2.90. The van der Waals surface area contributed by atoms with E-state index in [9.17, 15) is 19.2 Å². The van der Waals surface area contributed by atoms with Crippen LogP contribution in [0.25, 0.3) is 0 Å². The van der Waals surface area contributed by atoms with Gasteiger partial charge in [-0.05, 0) is 18.6 Å². The molecular formula is C16H17NO7. The Morgan fingerprint density at radius 3 is 1.96 bits per heavy atom. The number of esters is 3. The van der Waals surface area contributed by atoms with E-state index in [4.69, 9.17) is 9.47 Å². The number of benzene rings is 1. The van der Waals surface area contributed by atoms with E-state index in [0.29, 0.717) is 5.69 Å². The third-order valence-electron chi connectivity index (χ3n) is 4.35. The van der Waals surface area contributed by atoms with Gasteiger partial charge in [0.05, 0.1) is 21.3 Å². The summed E-state index contributed by atoms with van der Waals surface area (Å²) in [6, 6.07) is 6.38. The molecule has 1 N–H and O–H groups in total. The number of nitrogens with one attached hydrogen (secondary N) is 1. The summed E-state index contributed by atoms with van der Waals surface area (Å²) >= 11 is 0. The highest BCUT2D eigenvalue weighted by molar-refractivity contribution is 6.40. The molecule has 1 unspecified atom stereocenters. The third-order valence-corrected chi connectivity index (χ3v) is 4.35. The lowest BCUT2D eigenvalue weighted by molar-refractivity contribution is -0.167. The second-order valence-electron chi connectivity index (χ2n) is 5.35. The minimum atomic E-state index is -2.24. The molecule has 0 aromatic heterocycles. The Bertz CT molecular complexity index is 711. The molecule has 8 heteroatoms. The van der Waals surface area contributed by atoms with Crippen LogP contribution in [-0.2, 0) is 38.8 Å². The van der Waals surface area contributed by atoms with Crippen molar-refractivity contribution in [1.29, 1.82) is 0 Å². The van der Waals surface area contributed by atoms with Crippen molar-refractivity contribution in [3.05, 3.63) is 29.8 Å². The first-order chi connectivity index (χ1) is 11.3. The van der Waals surface area contributed by atoms with Crippen molar-refractivity contribution < 1.29 is 33.4 Å². The fraction of sp³-hybridized carbons (Fsp3) is 0.375. The number of methoxy groups -OCH3 is 3. The molecule has 0 amide bonds. The molecule has 0 radical (unpaired) electrons. The highest BCUT2D eigenvalue weighted by atomic mass is 16.6. The quantitative estimate of drug-likeness (QED) is 0.360. The van der Waals surface area contributed by atoms with E-state index in [1.807, 2.05) is 0 Å². The van der Waals surface area contributed by atoms with Gasteiger partial charge in [0.15, 0.2) is 0 Å². The van der Waals surface area contributed by atoms with Crippen LogP contribution in [-0.4, -0.2) is 50.6 Å². The van der Waals surface area contributed by atoms with Crippen molar-refractivity contribution in [1.82, 2.24) is 0 Å². The Morgan fingerprint density at radius 2 is 1.46 bits per heavy atom. The predicted molar refractivity (Wildman–Crippen MR) is 81.2 cm³/mol. The van der Waals surface area contributed by atoms with Gasteiger partial charge in [0.25, 0.3) is 11.3 Å². The lowest BCUT2D eigenvalue weighted by Crippen LogP contribution is -2.67. The summed E-state index contributed by atoms with van der Waals surface area (Å²) in [5.41, 5.74) is -3.52. The smallest absolute Gasteiger partial charge is 0.375 e. The van der Waals surface area contributed by atoms with Crippen LogP contribution in [0.3, 0.4) is 0 Å². The largest absolute Gasteiger partial charge is 0.467 e. The van der Waals surface area contributed by atoms with Gasteiger partial charge in [-0.25, -0.2) is 14.4 Å². The van der Waals surface area contributed by atoms with Crippen molar-refractivity contribution in [2.45, 2.75) is 17.9 Å². The highest BCUT2D eigenvalue weighted by Crippen LogP contribution is 2.49. The maximum atomic E-state index is 12.8. The summed E-state index contributed by atoms with van der Waals surface area (Å²) in [4.78, 5) is 49.8. The number of ether oxygens (including phenoxy) is 3. The molecule has 1 aliphatic heterocycles. The molecule has 1 atom stereocenters. The van der Waals surface area contributed by atoms with Gasteiger partial charge in [-0.2, -0.15) is 0 Å². The average molecular weight is 335 g/mol. The first kappa shape index (κ1) is 17.5. The molecule has 1 aromatic carbocycles. The van der Waals surface area contributed by atoms with Crippen LogP contribution < -0.4 is 5.32 Å². The maximum Gasteiger partial charge on any atom is 0.375 e. The van der Waals surface area contributed by atoms with E-state index < -0.39 is 34.6 Å². The molecule has 0 aliphatic carbocycles. The Kier molecular flexibility index (Phi) is 4.33. The zero-order valence-corrected chi connectivity index (χ0v) is 13.7. The first-order valence-electron chi connectivity index (χ1n) is 6.98. The van der Waals surface area contributed by atoms with Gasteiger partial charge < -0.3 is 19.5 Å². The van der Waals surface area contributed by atoms with Crippen molar-refractivity contribution in [2.75, 3.05) is 26.6 Å². The van der Waals surface area contributed by atoms with E-state index in [1.54, 1.807) is 18.2 Å². The van der Waals surface area contributed by atoms with Crippen molar-refractivity contribution in [2.24, 2.45) is 0 Å². The predicted octanol–water partition coefficient (Wildman–Crippen LogP) is 0.197. The zero-order chi connectivity index (χ0) is 18.1. The molecule has 0 fully saturated rings. The number of hydrogen-bond acceptors (Lipinski definition) is 8. The minimum Gasteiger partial charge on any atom is -0.467 e. The van der Waals surface area contributed by atoms with Crippen molar-refractivity contribution in [3.8, 4) is 0 Å². The van der Waals surface area contributed by atoms with E-state index in [-0.39, 0.29) is 5.56 Å². The lowest BCUT2D eigenvalue weighted by Gasteiger charge is -2.36. The molecule has 128 valence electrons. The molecule has 24 heavy (non-hydrogen) atoms. The highest BCUT2D eigenvalue weighted by Gasteiger charge is 2.71. The summed E-state index contributed by atoms with van der Waals surface area (Å²) in [6.45, 7) is 1.30. The molecule has 2 rings (SSSR count). The van der Waals surface area contributed by atoms with Gasteiger partial charge in [0, 0.05) is 5.69 Å². The molecule has 0 saturated heterocycles. The van der Waals surface area contributed by atoms with Crippen molar-refractivity contribution in [3.63, 3.8) is 0 Å². The Labute approximate surface area is 138 Å². The molecule has 0 spiro atoms. The first-order valence-corrected chi connectivity index (χ1v) is 6.98. The number of para-hydroxylation sites is 1. The van der Waals surface area contributed by atoms with Gasteiger partial charge in [0.1, 0.15) is 5.41 Å². The summed E-state index contributed by atoms with van der Waals surface area (Å²) < 4.78 is 14.0. The lowest BCUT2D eigenvalue weighted by atomic mass is 9.66. The topological polar surface area (TPSA) is 108 Å². The minimum absolute atomic E-state index is 0.288. The third kappa shape index (κ3) is 1.99. The van der Waals surface area contributed by atoms with Crippen LogP contribution in [0.5, 0.6) is 0 Å². The number of ketones is 1. The number of Topliss-reactive ketones (excluding diaryl/α,β-unsaturated/α-hetero) is 1. The Balaban J connectivity index is 2.84. The summed E-state index contributed by atoms with van der Waals surface area (Å²) in [6.07, 6.45) is 0.